The molecule has 0 spiro atoms. The normalized spacial score (nSPS) is 11.0. The zero-order valence-corrected chi connectivity index (χ0v) is 15.8. The van der Waals surface area contributed by atoms with Crippen molar-refractivity contribution in [2.75, 3.05) is 7.11 Å². The van der Waals surface area contributed by atoms with Crippen LogP contribution in [0.2, 0.25) is 0 Å². The number of fused-ring (bicyclic) bond motifs is 1. The average Bonchev–Trinajstić information content (AvgIpc) is 3.17. The lowest BCUT2D eigenvalue weighted by Gasteiger charge is -2.13. The van der Waals surface area contributed by atoms with Gasteiger partial charge in [-0.05, 0) is 42.3 Å². The van der Waals surface area contributed by atoms with Crippen LogP contribution in [0.15, 0.2) is 64.7 Å². The standard InChI is InChI=1S/C20H18N4O2S/c1-13-5-3-4-6-14(13)12-27-20-22-18-17(11-21-23-18)19(25)24(20)15-7-9-16(26-2)10-8-15/h3-11H,12H2,1-2H3,(H,21,23). The summed E-state index contributed by atoms with van der Waals surface area (Å²) in [6, 6.07) is 15.6. The molecule has 0 radical (unpaired) electrons. The second-order valence-corrected chi connectivity index (χ2v) is 7.02. The zero-order valence-electron chi connectivity index (χ0n) is 15.0. The molecule has 0 aliphatic rings. The van der Waals surface area contributed by atoms with Gasteiger partial charge in [-0.15, -0.1) is 0 Å². The summed E-state index contributed by atoms with van der Waals surface area (Å²) in [6.07, 6.45) is 1.51. The Kier molecular flexibility index (Phi) is 4.68. The van der Waals surface area contributed by atoms with Crippen LogP contribution in [0.5, 0.6) is 5.75 Å². The van der Waals surface area contributed by atoms with Gasteiger partial charge in [-0.2, -0.15) is 5.10 Å². The molecular formula is C20H18N4O2S. The van der Waals surface area contributed by atoms with Crippen molar-refractivity contribution >= 4 is 22.8 Å². The highest BCUT2D eigenvalue weighted by Gasteiger charge is 2.15. The summed E-state index contributed by atoms with van der Waals surface area (Å²) in [7, 11) is 1.61. The van der Waals surface area contributed by atoms with E-state index in [0.717, 1.165) is 17.2 Å². The Morgan fingerprint density at radius 2 is 1.93 bits per heavy atom. The molecule has 0 fully saturated rings. The molecule has 0 aliphatic heterocycles. The van der Waals surface area contributed by atoms with E-state index in [1.54, 1.807) is 11.7 Å². The number of benzene rings is 2. The molecular weight excluding hydrogens is 360 g/mol. The van der Waals surface area contributed by atoms with E-state index < -0.39 is 0 Å². The number of methoxy groups -OCH3 is 1. The maximum Gasteiger partial charge on any atom is 0.269 e. The van der Waals surface area contributed by atoms with E-state index in [0.29, 0.717) is 16.2 Å². The van der Waals surface area contributed by atoms with Crippen molar-refractivity contribution in [3.63, 3.8) is 0 Å². The largest absolute Gasteiger partial charge is 0.497 e. The van der Waals surface area contributed by atoms with Crippen LogP contribution in [0.1, 0.15) is 11.1 Å². The number of H-pyrrole nitrogens is 1. The minimum absolute atomic E-state index is 0.147. The first kappa shape index (κ1) is 17.4. The summed E-state index contributed by atoms with van der Waals surface area (Å²) >= 11 is 1.52. The molecule has 7 heteroatoms. The zero-order chi connectivity index (χ0) is 18.8. The third-order valence-corrected chi connectivity index (χ3v) is 5.39. The van der Waals surface area contributed by atoms with Crippen LogP contribution in [-0.4, -0.2) is 26.9 Å². The van der Waals surface area contributed by atoms with Gasteiger partial charge in [-0.3, -0.25) is 14.5 Å². The van der Waals surface area contributed by atoms with Crippen molar-refractivity contribution in [3.8, 4) is 11.4 Å². The number of aryl methyl sites for hydroxylation is 1. The highest BCUT2D eigenvalue weighted by Crippen LogP contribution is 2.26. The summed E-state index contributed by atoms with van der Waals surface area (Å²) in [4.78, 5) is 17.7. The first-order valence-corrected chi connectivity index (χ1v) is 9.44. The number of hydrogen-bond acceptors (Lipinski definition) is 5. The number of hydrogen-bond donors (Lipinski definition) is 1. The SMILES string of the molecule is COc1ccc(-n2c(SCc3ccccc3C)nc3[nH]ncc3c2=O)cc1. The number of rotatable bonds is 5. The number of aromatic nitrogens is 4. The Balaban J connectivity index is 1.80. The summed E-state index contributed by atoms with van der Waals surface area (Å²) in [6.45, 7) is 2.08. The average molecular weight is 378 g/mol. The third kappa shape index (κ3) is 3.33. The molecule has 0 unspecified atom stereocenters. The Morgan fingerprint density at radius 1 is 1.15 bits per heavy atom. The van der Waals surface area contributed by atoms with E-state index in [1.807, 2.05) is 36.4 Å². The second kappa shape index (κ2) is 7.28. The van der Waals surface area contributed by atoms with Crippen molar-refractivity contribution in [1.29, 1.82) is 0 Å². The summed E-state index contributed by atoms with van der Waals surface area (Å²) in [5.41, 5.74) is 3.51. The Labute approximate surface area is 160 Å². The van der Waals surface area contributed by atoms with E-state index in [2.05, 4.69) is 34.2 Å². The predicted octanol–water partition coefficient (Wildman–Crippen LogP) is 3.72. The highest BCUT2D eigenvalue weighted by molar-refractivity contribution is 7.98. The van der Waals surface area contributed by atoms with Gasteiger partial charge in [-0.1, -0.05) is 36.0 Å². The molecule has 0 aliphatic carbocycles. The molecule has 0 bridgehead atoms. The van der Waals surface area contributed by atoms with Gasteiger partial charge in [0.2, 0.25) is 0 Å². The maximum atomic E-state index is 13.1. The lowest BCUT2D eigenvalue weighted by atomic mass is 10.1. The Bertz CT molecular complexity index is 1150. The molecule has 27 heavy (non-hydrogen) atoms. The van der Waals surface area contributed by atoms with Gasteiger partial charge in [-0.25, -0.2) is 4.98 Å². The molecule has 0 atom stereocenters. The molecule has 1 N–H and O–H groups in total. The van der Waals surface area contributed by atoms with Gasteiger partial charge in [0.25, 0.3) is 5.56 Å². The number of ether oxygens (including phenoxy) is 1. The van der Waals surface area contributed by atoms with Crippen LogP contribution < -0.4 is 10.3 Å². The van der Waals surface area contributed by atoms with E-state index in [4.69, 9.17) is 4.74 Å². The van der Waals surface area contributed by atoms with Gasteiger partial charge in [0.1, 0.15) is 11.1 Å². The number of thioether (sulfide) groups is 1. The molecule has 0 amide bonds. The third-order valence-electron chi connectivity index (χ3n) is 4.40. The molecule has 136 valence electrons. The van der Waals surface area contributed by atoms with Crippen LogP contribution >= 0.6 is 11.8 Å². The van der Waals surface area contributed by atoms with Crippen LogP contribution in [0.3, 0.4) is 0 Å². The van der Waals surface area contributed by atoms with Crippen molar-refractivity contribution in [3.05, 3.63) is 76.2 Å². The Morgan fingerprint density at radius 3 is 2.67 bits per heavy atom. The Hall–Kier alpha value is -3.06. The fourth-order valence-corrected chi connectivity index (χ4v) is 3.93. The van der Waals surface area contributed by atoms with Crippen LogP contribution in [-0.2, 0) is 5.75 Å². The monoisotopic (exact) mass is 378 g/mol. The van der Waals surface area contributed by atoms with E-state index in [9.17, 15) is 4.79 Å². The van der Waals surface area contributed by atoms with Crippen LogP contribution in [0.25, 0.3) is 16.7 Å². The predicted molar refractivity (Wildman–Crippen MR) is 107 cm³/mol. The molecule has 0 saturated heterocycles. The second-order valence-electron chi connectivity index (χ2n) is 6.08. The maximum absolute atomic E-state index is 13.1. The topological polar surface area (TPSA) is 72.8 Å². The smallest absolute Gasteiger partial charge is 0.269 e. The van der Waals surface area contributed by atoms with E-state index in [1.165, 1.54) is 29.1 Å². The number of nitrogens with zero attached hydrogens (tertiary/aromatic N) is 3. The summed E-state index contributed by atoms with van der Waals surface area (Å²) in [5, 5.41) is 7.85. The van der Waals surface area contributed by atoms with Gasteiger partial charge in [0, 0.05) is 5.75 Å². The molecule has 4 rings (SSSR count). The first-order valence-electron chi connectivity index (χ1n) is 8.45. The van der Waals surface area contributed by atoms with E-state index in [-0.39, 0.29) is 5.56 Å². The fourth-order valence-electron chi connectivity index (χ4n) is 2.84. The minimum atomic E-state index is -0.147. The molecule has 0 saturated carbocycles. The van der Waals surface area contributed by atoms with E-state index >= 15 is 0 Å². The quantitative estimate of drug-likeness (QED) is 0.423. The van der Waals surface area contributed by atoms with Crippen LogP contribution in [0, 0.1) is 6.92 Å². The lowest BCUT2D eigenvalue weighted by molar-refractivity contribution is 0.414. The van der Waals surface area contributed by atoms with Crippen molar-refractivity contribution in [2.45, 2.75) is 17.8 Å². The minimum Gasteiger partial charge on any atom is -0.497 e. The van der Waals surface area contributed by atoms with Gasteiger partial charge in [0.05, 0.1) is 19.0 Å². The van der Waals surface area contributed by atoms with Crippen molar-refractivity contribution in [2.24, 2.45) is 0 Å². The first-order chi connectivity index (χ1) is 13.2. The highest BCUT2D eigenvalue weighted by atomic mass is 32.2. The fraction of sp³-hybridized carbons (Fsp3) is 0.150. The lowest BCUT2D eigenvalue weighted by Crippen LogP contribution is -2.21. The molecule has 6 nitrogen and oxygen atoms in total. The number of nitrogens with one attached hydrogen (secondary N) is 1. The molecule has 4 aromatic rings. The molecule has 2 aromatic carbocycles. The summed E-state index contributed by atoms with van der Waals surface area (Å²) < 4.78 is 6.84. The van der Waals surface area contributed by atoms with Crippen molar-refractivity contribution < 1.29 is 4.74 Å². The summed E-state index contributed by atoms with van der Waals surface area (Å²) in [5.74, 6) is 1.45. The molecule has 2 heterocycles. The van der Waals surface area contributed by atoms with Crippen LogP contribution in [0.4, 0.5) is 0 Å². The van der Waals surface area contributed by atoms with Gasteiger partial charge < -0.3 is 4.74 Å². The molecule has 2 aromatic heterocycles. The number of aromatic amines is 1. The van der Waals surface area contributed by atoms with Crippen molar-refractivity contribution in [1.82, 2.24) is 19.7 Å². The van der Waals surface area contributed by atoms with Gasteiger partial charge in [0.15, 0.2) is 10.8 Å². The van der Waals surface area contributed by atoms with Gasteiger partial charge >= 0.3 is 0 Å².